The van der Waals surface area contributed by atoms with Crippen molar-refractivity contribution in [3.63, 3.8) is 0 Å². The largest absolute Gasteiger partial charge is 0.493 e. The SMILES string of the molecule is CCCCOc1c(OC)cc(C=O)cc1Oc1ccc(C)cc1C(C)(C)C. The van der Waals surface area contributed by atoms with Crippen LogP contribution in [0.1, 0.15) is 62.0 Å². The van der Waals surface area contributed by atoms with E-state index in [0.717, 1.165) is 30.4 Å². The fourth-order valence-electron chi connectivity index (χ4n) is 2.79. The summed E-state index contributed by atoms with van der Waals surface area (Å²) in [7, 11) is 1.56. The monoisotopic (exact) mass is 370 g/mol. The van der Waals surface area contributed by atoms with Gasteiger partial charge in [-0.25, -0.2) is 0 Å². The molecule has 2 aromatic carbocycles. The molecule has 27 heavy (non-hydrogen) atoms. The zero-order valence-electron chi connectivity index (χ0n) is 17.2. The molecular formula is C23H30O4. The predicted octanol–water partition coefficient (Wildman–Crippen LogP) is 6.08. The Balaban J connectivity index is 2.52. The summed E-state index contributed by atoms with van der Waals surface area (Å²) in [6.45, 7) is 11.2. The summed E-state index contributed by atoms with van der Waals surface area (Å²) in [4.78, 5) is 11.4. The van der Waals surface area contributed by atoms with Crippen LogP contribution >= 0.6 is 0 Å². The second kappa shape index (κ2) is 8.94. The van der Waals surface area contributed by atoms with Gasteiger partial charge in [0.1, 0.15) is 12.0 Å². The van der Waals surface area contributed by atoms with Gasteiger partial charge in [-0.2, -0.15) is 0 Å². The normalized spacial score (nSPS) is 11.2. The molecule has 2 rings (SSSR count). The zero-order chi connectivity index (χ0) is 20.0. The van der Waals surface area contributed by atoms with E-state index in [2.05, 4.69) is 40.7 Å². The highest BCUT2D eigenvalue weighted by Gasteiger charge is 2.22. The molecule has 0 saturated carbocycles. The molecule has 0 heterocycles. The number of hydrogen-bond donors (Lipinski definition) is 0. The van der Waals surface area contributed by atoms with Gasteiger partial charge in [0.25, 0.3) is 0 Å². The van der Waals surface area contributed by atoms with Crippen molar-refractivity contribution in [2.45, 2.75) is 52.9 Å². The molecule has 146 valence electrons. The van der Waals surface area contributed by atoms with Crippen LogP contribution in [0.15, 0.2) is 30.3 Å². The number of aryl methyl sites for hydroxylation is 1. The lowest BCUT2D eigenvalue weighted by Gasteiger charge is -2.24. The molecule has 0 aliphatic rings. The summed E-state index contributed by atoms with van der Waals surface area (Å²) in [5, 5.41) is 0. The van der Waals surface area contributed by atoms with Gasteiger partial charge in [0.15, 0.2) is 11.5 Å². The lowest BCUT2D eigenvalue weighted by atomic mass is 9.85. The third-order valence-electron chi connectivity index (χ3n) is 4.31. The van der Waals surface area contributed by atoms with Crippen molar-refractivity contribution in [2.24, 2.45) is 0 Å². The number of aldehydes is 1. The molecule has 0 fully saturated rings. The highest BCUT2D eigenvalue weighted by Crippen LogP contribution is 2.43. The number of unbranched alkanes of at least 4 members (excludes halogenated alkanes) is 1. The summed E-state index contributed by atoms with van der Waals surface area (Å²) >= 11 is 0. The van der Waals surface area contributed by atoms with Crippen LogP contribution in [0.5, 0.6) is 23.0 Å². The topological polar surface area (TPSA) is 44.8 Å². The van der Waals surface area contributed by atoms with Crippen molar-refractivity contribution in [1.29, 1.82) is 0 Å². The molecule has 0 aromatic heterocycles. The molecule has 0 amide bonds. The van der Waals surface area contributed by atoms with Gasteiger partial charge in [0.05, 0.1) is 13.7 Å². The van der Waals surface area contributed by atoms with Crippen LogP contribution in [0.4, 0.5) is 0 Å². The lowest BCUT2D eigenvalue weighted by Crippen LogP contribution is -2.13. The molecule has 0 aliphatic heterocycles. The van der Waals surface area contributed by atoms with Gasteiger partial charge < -0.3 is 14.2 Å². The smallest absolute Gasteiger partial charge is 0.204 e. The van der Waals surface area contributed by atoms with E-state index < -0.39 is 0 Å². The van der Waals surface area contributed by atoms with E-state index in [0.29, 0.717) is 29.4 Å². The maximum atomic E-state index is 11.4. The summed E-state index contributed by atoms with van der Waals surface area (Å²) in [5.41, 5.74) is 2.66. The molecule has 2 aromatic rings. The van der Waals surface area contributed by atoms with Crippen molar-refractivity contribution in [3.05, 3.63) is 47.0 Å². The minimum Gasteiger partial charge on any atom is -0.493 e. The van der Waals surface area contributed by atoms with E-state index in [1.165, 1.54) is 5.56 Å². The van der Waals surface area contributed by atoms with Crippen molar-refractivity contribution in [3.8, 4) is 23.0 Å². The number of benzene rings is 2. The predicted molar refractivity (Wildman–Crippen MR) is 109 cm³/mol. The molecule has 0 radical (unpaired) electrons. The second-order valence-corrected chi connectivity index (χ2v) is 7.72. The maximum Gasteiger partial charge on any atom is 0.204 e. The molecule has 0 spiro atoms. The minimum atomic E-state index is -0.0864. The highest BCUT2D eigenvalue weighted by atomic mass is 16.5. The Kier molecular flexibility index (Phi) is 6.89. The average Bonchev–Trinajstić information content (AvgIpc) is 2.63. The number of ether oxygens (including phenoxy) is 3. The summed E-state index contributed by atoms with van der Waals surface area (Å²) in [6.07, 6.45) is 2.73. The molecular weight excluding hydrogens is 340 g/mol. The van der Waals surface area contributed by atoms with Crippen molar-refractivity contribution < 1.29 is 19.0 Å². The van der Waals surface area contributed by atoms with Crippen LogP contribution in [0, 0.1) is 6.92 Å². The third kappa shape index (κ3) is 5.25. The van der Waals surface area contributed by atoms with Crippen LogP contribution < -0.4 is 14.2 Å². The highest BCUT2D eigenvalue weighted by molar-refractivity contribution is 5.78. The molecule has 0 aliphatic carbocycles. The van der Waals surface area contributed by atoms with Gasteiger partial charge in [-0.15, -0.1) is 0 Å². The standard InChI is InChI=1S/C23H30O4/c1-7-8-11-26-22-20(25-6)13-17(15-24)14-21(22)27-19-10-9-16(2)12-18(19)23(3,4)5/h9-10,12-15H,7-8,11H2,1-6H3. The van der Waals surface area contributed by atoms with E-state index in [4.69, 9.17) is 14.2 Å². The van der Waals surface area contributed by atoms with Crippen molar-refractivity contribution in [1.82, 2.24) is 0 Å². The van der Waals surface area contributed by atoms with Gasteiger partial charge in [-0.3, -0.25) is 4.79 Å². The Morgan fingerprint density at radius 3 is 2.33 bits per heavy atom. The second-order valence-electron chi connectivity index (χ2n) is 7.72. The van der Waals surface area contributed by atoms with Crippen LogP contribution in [0.25, 0.3) is 0 Å². The number of carbonyl (C=O) groups excluding carboxylic acids is 1. The minimum absolute atomic E-state index is 0.0864. The first kappa shape index (κ1) is 20.8. The van der Waals surface area contributed by atoms with Crippen LogP contribution in [-0.2, 0) is 5.41 Å². The van der Waals surface area contributed by atoms with Gasteiger partial charge in [0.2, 0.25) is 5.75 Å². The first-order valence-corrected chi connectivity index (χ1v) is 9.39. The quantitative estimate of drug-likeness (QED) is 0.417. The van der Waals surface area contributed by atoms with Gasteiger partial charge in [0, 0.05) is 11.1 Å². The Hall–Kier alpha value is -2.49. The van der Waals surface area contributed by atoms with Crippen molar-refractivity contribution >= 4 is 6.29 Å². The molecule has 0 atom stereocenters. The number of methoxy groups -OCH3 is 1. The van der Waals surface area contributed by atoms with E-state index >= 15 is 0 Å². The molecule has 4 heteroatoms. The Morgan fingerprint density at radius 1 is 1.04 bits per heavy atom. The number of hydrogen-bond acceptors (Lipinski definition) is 4. The van der Waals surface area contributed by atoms with Crippen LogP contribution in [0.3, 0.4) is 0 Å². The first-order valence-electron chi connectivity index (χ1n) is 9.39. The number of rotatable bonds is 8. The van der Waals surface area contributed by atoms with E-state index in [-0.39, 0.29) is 5.41 Å². The summed E-state index contributed by atoms with van der Waals surface area (Å²) in [6, 6.07) is 9.48. The fourth-order valence-corrected chi connectivity index (χ4v) is 2.79. The molecule has 4 nitrogen and oxygen atoms in total. The molecule has 0 N–H and O–H groups in total. The maximum absolute atomic E-state index is 11.4. The van der Waals surface area contributed by atoms with E-state index in [1.54, 1.807) is 19.2 Å². The van der Waals surface area contributed by atoms with Crippen LogP contribution in [-0.4, -0.2) is 20.0 Å². The summed E-state index contributed by atoms with van der Waals surface area (Å²) < 4.78 is 17.7. The molecule has 0 unspecified atom stereocenters. The fraction of sp³-hybridized carbons (Fsp3) is 0.435. The zero-order valence-corrected chi connectivity index (χ0v) is 17.2. The Morgan fingerprint density at radius 2 is 1.74 bits per heavy atom. The average molecular weight is 370 g/mol. The van der Waals surface area contributed by atoms with E-state index in [9.17, 15) is 4.79 Å². The third-order valence-corrected chi connectivity index (χ3v) is 4.31. The Bertz CT molecular complexity index is 788. The lowest BCUT2D eigenvalue weighted by molar-refractivity contribution is 0.112. The van der Waals surface area contributed by atoms with Gasteiger partial charge >= 0.3 is 0 Å². The Labute approximate surface area is 162 Å². The van der Waals surface area contributed by atoms with Gasteiger partial charge in [-0.05, 0) is 37.0 Å². The number of carbonyl (C=O) groups is 1. The van der Waals surface area contributed by atoms with Gasteiger partial charge in [-0.1, -0.05) is 51.8 Å². The molecule has 0 saturated heterocycles. The van der Waals surface area contributed by atoms with Crippen LogP contribution in [0.2, 0.25) is 0 Å². The van der Waals surface area contributed by atoms with E-state index in [1.807, 2.05) is 12.1 Å². The van der Waals surface area contributed by atoms with Crippen molar-refractivity contribution in [2.75, 3.05) is 13.7 Å². The molecule has 0 bridgehead atoms. The summed E-state index contributed by atoms with van der Waals surface area (Å²) in [5.74, 6) is 2.26. The first-order chi connectivity index (χ1) is 12.8.